The zero-order valence-electron chi connectivity index (χ0n) is 10.4. The van der Waals surface area contributed by atoms with E-state index < -0.39 is 0 Å². The summed E-state index contributed by atoms with van der Waals surface area (Å²) in [5.74, 6) is -0.227. The van der Waals surface area contributed by atoms with Gasteiger partial charge in [-0.1, -0.05) is 34.1 Å². The summed E-state index contributed by atoms with van der Waals surface area (Å²) >= 11 is 3.50. The third-order valence-corrected chi connectivity index (χ3v) is 4.07. The molecular weight excluding hydrogens is 293 g/mol. The summed E-state index contributed by atoms with van der Waals surface area (Å²) in [7, 11) is 0. The van der Waals surface area contributed by atoms with Gasteiger partial charge in [-0.2, -0.15) is 0 Å². The topological polar surface area (TPSA) is 26.0 Å². The van der Waals surface area contributed by atoms with Gasteiger partial charge >= 0.3 is 0 Å². The molecule has 0 aliphatic heterocycles. The number of hydrogen-bond donors (Lipinski definition) is 1. The van der Waals surface area contributed by atoms with Crippen LogP contribution >= 0.6 is 15.9 Å². The van der Waals surface area contributed by atoms with Crippen molar-refractivity contribution in [3.05, 3.63) is 68.9 Å². The summed E-state index contributed by atoms with van der Waals surface area (Å²) in [5.41, 5.74) is 10.3. The van der Waals surface area contributed by atoms with Crippen molar-refractivity contribution in [2.24, 2.45) is 5.73 Å². The van der Waals surface area contributed by atoms with Crippen molar-refractivity contribution >= 4 is 15.9 Å². The lowest BCUT2D eigenvalue weighted by Crippen LogP contribution is -2.14. The lowest BCUT2D eigenvalue weighted by atomic mass is 9.93. The summed E-state index contributed by atoms with van der Waals surface area (Å²) in [4.78, 5) is 0. The van der Waals surface area contributed by atoms with Crippen LogP contribution in [0.3, 0.4) is 0 Å². The molecule has 0 spiro atoms. The van der Waals surface area contributed by atoms with E-state index in [4.69, 9.17) is 5.73 Å². The van der Waals surface area contributed by atoms with Crippen LogP contribution in [-0.4, -0.2) is 0 Å². The largest absolute Gasteiger partial charge is 0.320 e. The van der Waals surface area contributed by atoms with E-state index in [0.29, 0.717) is 0 Å². The molecule has 0 aromatic heterocycles. The number of nitrogens with two attached hydrogens (primary N) is 1. The van der Waals surface area contributed by atoms with Crippen LogP contribution in [0.2, 0.25) is 0 Å². The van der Waals surface area contributed by atoms with Gasteiger partial charge in [0.05, 0.1) is 6.04 Å². The summed E-state index contributed by atoms with van der Waals surface area (Å²) < 4.78 is 14.1. The second-order valence-corrected chi connectivity index (χ2v) is 5.29. The molecule has 0 saturated carbocycles. The minimum atomic E-state index is -0.233. The summed E-state index contributed by atoms with van der Waals surface area (Å²) in [5, 5.41) is 0. The predicted molar refractivity (Wildman–Crippen MR) is 76.0 cm³/mol. The van der Waals surface area contributed by atoms with Gasteiger partial charge in [0.15, 0.2) is 0 Å². The van der Waals surface area contributed by atoms with Gasteiger partial charge in [0.2, 0.25) is 0 Å². The number of hydrogen-bond acceptors (Lipinski definition) is 1. The molecule has 0 amide bonds. The van der Waals surface area contributed by atoms with Crippen LogP contribution in [0.25, 0.3) is 0 Å². The lowest BCUT2D eigenvalue weighted by molar-refractivity contribution is 0.624. The molecule has 1 atom stereocenters. The Hall–Kier alpha value is -1.19. The molecule has 2 rings (SSSR count). The number of aryl methyl sites for hydroxylation is 1. The highest BCUT2D eigenvalue weighted by Crippen LogP contribution is 2.29. The van der Waals surface area contributed by atoms with Gasteiger partial charge < -0.3 is 5.73 Å². The third-order valence-electron chi connectivity index (χ3n) is 3.21. The van der Waals surface area contributed by atoms with Crippen molar-refractivity contribution in [3.63, 3.8) is 0 Å². The van der Waals surface area contributed by atoms with Crippen molar-refractivity contribution in [1.82, 2.24) is 0 Å². The van der Waals surface area contributed by atoms with Gasteiger partial charge in [-0.25, -0.2) is 4.39 Å². The first-order valence-corrected chi connectivity index (χ1v) is 6.56. The SMILES string of the molecule is Cc1cc(F)ccc1C(N)c1cccc(Br)c1C. The maximum absolute atomic E-state index is 13.1. The lowest BCUT2D eigenvalue weighted by Gasteiger charge is -2.18. The van der Waals surface area contributed by atoms with Crippen molar-refractivity contribution in [3.8, 4) is 0 Å². The second kappa shape index (κ2) is 5.21. The average molecular weight is 308 g/mol. The Morgan fingerprint density at radius 2 is 1.83 bits per heavy atom. The van der Waals surface area contributed by atoms with E-state index in [-0.39, 0.29) is 11.9 Å². The van der Waals surface area contributed by atoms with Crippen molar-refractivity contribution in [1.29, 1.82) is 0 Å². The Morgan fingerprint density at radius 1 is 1.11 bits per heavy atom. The summed E-state index contributed by atoms with van der Waals surface area (Å²) in [6.07, 6.45) is 0. The summed E-state index contributed by atoms with van der Waals surface area (Å²) in [6, 6.07) is 10.5. The maximum atomic E-state index is 13.1. The molecule has 0 aliphatic rings. The molecule has 94 valence electrons. The van der Waals surface area contributed by atoms with Crippen LogP contribution in [0.15, 0.2) is 40.9 Å². The fraction of sp³-hybridized carbons (Fsp3) is 0.200. The van der Waals surface area contributed by atoms with Crippen LogP contribution in [0, 0.1) is 19.7 Å². The molecule has 18 heavy (non-hydrogen) atoms. The Balaban J connectivity index is 2.48. The van der Waals surface area contributed by atoms with Gasteiger partial charge in [0.1, 0.15) is 5.82 Å². The highest BCUT2D eigenvalue weighted by molar-refractivity contribution is 9.10. The van der Waals surface area contributed by atoms with E-state index >= 15 is 0 Å². The van der Waals surface area contributed by atoms with E-state index in [2.05, 4.69) is 15.9 Å². The molecule has 0 saturated heterocycles. The molecule has 0 fully saturated rings. The molecule has 0 radical (unpaired) electrons. The average Bonchev–Trinajstić information content (AvgIpc) is 2.32. The smallest absolute Gasteiger partial charge is 0.123 e. The van der Waals surface area contributed by atoms with Crippen LogP contribution in [-0.2, 0) is 0 Å². The van der Waals surface area contributed by atoms with Gasteiger partial charge in [-0.15, -0.1) is 0 Å². The standard InChI is InChI=1S/C15H15BrFN/c1-9-8-11(17)6-7-12(9)15(18)13-4-3-5-14(16)10(13)2/h3-8,15H,18H2,1-2H3. The summed E-state index contributed by atoms with van der Waals surface area (Å²) in [6.45, 7) is 3.91. The van der Waals surface area contributed by atoms with Gasteiger partial charge in [0.25, 0.3) is 0 Å². The van der Waals surface area contributed by atoms with E-state index in [1.54, 1.807) is 6.07 Å². The minimum absolute atomic E-state index is 0.227. The van der Waals surface area contributed by atoms with Crippen molar-refractivity contribution in [2.45, 2.75) is 19.9 Å². The third kappa shape index (κ3) is 2.47. The molecule has 2 N–H and O–H groups in total. The van der Waals surface area contributed by atoms with Crippen LogP contribution in [0.4, 0.5) is 4.39 Å². The zero-order chi connectivity index (χ0) is 13.3. The quantitative estimate of drug-likeness (QED) is 0.881. The Labute approximate surface area is 115 Å². The normalized spacial score (nSPS) is 12.5. The minimum Gasteiger partial charge on any atom is -0.320 e. The molecule has 2 aromatic carbocycles. The maximum Gasteiger partial charge on any atom is 0.123 e. The van der Waals surface area contributed by atoms with E-state index in [9.17, 15) is 4.39 Å². The van der Waals surface area contributed by atoms with Gasteiger partial charge in [-0.05, 0) is 54.3 Å². The molecular formula is C15H15BrFN. The Bertz CT molecular complexity index is 581. The van der Waals surface area contributed by atoms with E-state index in [1.807, 2.05) is 32.0 Å². The highest BCUT2D eigenvalue weighted by atomic mass is 79.9. The van der Waals surface area contributed by atoms with Crippen molar-refractivity contribution in [2.75, 3.05) is 0 Å². The number of benzene rings is 2. The van der Waals surface area contributed by atoms with Crippen LogP contribution in [0.1, 0.15) is 28.3 Å². The number of halogens is 2. The van der Waals surface area contributed by atoms with E-state index in [0.717, 1.165) is 26.7 Å². The molecule has 1 nitrogen and oxygen atoms in total. The molecule has 1 unspecified atom stereocenters. The first-order valence-electron chi connectivity index (χ1n) is 5.77. The highest BCUT2D eigenvalue weighted by Gasteiger charge is 2.14. The van der Waals surface area contributed by atoms with Crippen LogP contribution < -0.4 is 5.73 Å². The number of rotatable bonds is 2. The zero-order valence-corrected chi connectivity index (χ0v) is 12.0. The second-order valence-electron chi connectivity index (χ2n) is 4.43. The van der Waals surface area contributed by atoms with E-state index in [1.165, 1.54) is 12.1 Å². The molecule has 2 aromatic rings. The molecule has 0 heterocycles. The predicted octanol–water partition coefficient (Wildman–Crippen LogP) is 4.25. The molecule has 3 heteroatoms. The first kappa shape index (κ1) is 13.2. The Kier molecular flexibility index (Phi) is 3.83. The monoisotopic (exact) mass is 307 g/mol. The molecule has 0 aliphatic carbocycles. The fourth-order valence-electron chi connectivity index (χ4n) is 2.12. The fourth-order valence-corrected chi connectivity index (χ4v) is 2.50. The molecule has 0 bridgehead atoms. The van der Waals surface area contributed by atoms with Gasteiger partial charge in [0, 0.05) is 4.47 Å². The Morgan fingerprint density at radius 3 is 2.50 bits per heavy atom. The van der Waals surface area contributed by atoms with Crippen molar-refractivity contribution < 1.29 is 4.39 Å². The van der Waals surface area contributed by atoms with Crippen LogP contribution in [0.5, 0.6) is 0 Å². The van der Waals surface area contributed by atoms with Gasteiger partial charge in [-0.3, -0.25) is 0 Å². The first-order chi connectivity index (χ1) is 8.50.